The summed E-state index contributed by atoms with van der Waals surface area (Å²) < 4.78 is 1.74. The third kappa shape index (κ3) is 3.79. The molecule has 136 valence electrons. The minimum absolute atomic E-state index is 0.00779. The number of rotatable bonds is 6. The molecule has 27 heavy (non-hydrogen) atoms. The van der Waals surface area contributed by atoms with Crippen LogP contribution in [0.2, 0.25) is 0 Å². The van der Waals surface area contributed by atoms with E-state index in [2.05, 4.69) is 63.5 Å². The number of nitrogens with zero attached hydrogens (tertiary/aromatic N) is 5. The highest BCUT2D eigenvalue weighted by atomic mass is 15.4. The molecule has 3 aromatic heterocycles. The molecule has 0 amide bonds. The highest BCUT2D eigenvalue weighted by molar-refractivity contribution is 5.47. The normalized spacial score (nSPS) is 12.2. The van der Waals surface area contributed by atoms with Crippen LogP contribution in [-0.2, 0) is 12.8 Å². The van der Waals surface area contributed by atoms with E-state index in [1.807, 2.05) is 30.5 Å². The van der Waals surface area contributed by atoms with Crippen molar-refractivity contribution in [2.45, 2.75) is 32.7 Å². The number of anilines is 1. The molecular weight excluding hydrogens is 336 g/mol. The number of fused-ring (bicyclic) bond motifs is 1. The van der Waals surface area contributed by atoms with Crippen LogP contribution in [0.15, 0.2) is 61.1 Å². The molecule has 1 aromatic carbocycles. The van der Waals surface area contributed by atoms with Crippen LogP contribution in [0.1, 0.15) is 35.5 Å². The summed E-state index contributed by atoms with van der Waals surface area (Å²) >= 11 is 0. The molecule has 1 N–H and O–H groups in total. The predicted molar refractivity (Wildman–Crippen MR) is 106 cm³/mol. The molecule has 0 saturated carbocycles. The molecule has 1 unspecified atom stereocenters. The molecule has 0 aliphatic heterocycles. The van der Waals surface area contributed by atoms with Crippen molar-refractivity contribution in [3.8, 4) is 0 Å². The average molecular weight is 358 g/mol. The number of hydrogen-bond donors (Lipinski definition) is 1. The van der Waals surface area contributed by atoms with Crippen LogP contribution in [0.4, 0.5) is 5.82 Å². The Morgan fingerprint density at radius 2 is 1.93 bits per heavy atom. The van der Waals surface area contributed by atoms with Crippen molar-refractivity contribution >= 4 is 11.6 Å². The standard InChI is InChI=1S/C21H22N6/c1-3-17-13-20(27-21(25-17)23-14-24-27)26-19(18-6-4-5-11-22-18)12-16-9-7-15(2)8-10-16/h4-11,13-14,19,26H,3,12H2,1-2H3. The Kier molecular flexibility index (Phi) is 4.78. The van der Waals surface area contributed by atoms with Gasteiger partial charge in [0.2, 0.25) is 0 Å². The van der Waals surface area contributed by atoms with Gasteiger partial charge in [-0.05, 0) is 37.5 Å². The molecule has 0 bridgehead atoms. The zero-order valence-corrected chi connectivity index (χ0v) is 15.5. The Labute approximate surface area is 158 Å². The minimum atomic E-state index is 0.00779. The monoisotopic (exact) mass is 358 g/mol. The molecule has 0 saturated heterocycles. The fraction of sp³-hybridized carbons (Fsp3) is 0.238. The van der Waals surface area contributed by atoms with Gasteiger partial charge in [0.15, 0.2) is 0 Å². The molecule has 3 heterocycles. The van der Waals surface area contributed by atoms with Crippen molar-refractivity contribution in [1.29, 1.82) is 0 Å². The fourth-order valence-corrected chi connectivity index (χ4v) is 3.10. The molecule has 4 aromatic rings. The highest BCUT2D eigenvalue weighted by Gasteiger charge is 2.16. The van der Waals surface area contributed by atoms with Crippen LogP contribution in [-0.4, -0.2) is 24.6 Å². The lowest BCUT2D eigenvalue weighted by atomic mass is 10.0. The number of aryl methyl sites for hydroxylation is 2. The summed E-state index contributed by atoms with van der Waals surface area (Å²) in [4.78, 5) is 13.3. The highest BCUT2D eigenvalue weighted by Crippen LogP contribution is 2.23. The summed E-state index contributed by atoms with van der Waals surface area (Å²) in [5.74, 6) is 1.48. The van der Waals surface area contributed by atoms with E-state index in [1.165, 1.54) is 17.5 Å². The van der Waals surface area contributed by atoms with Gasteiger partial charge in [0.25, 0.3) is 5.78 Å². The second-order valence-corrected chi connectivity index (χ2v) is 6.60. The summed E-state index contributed by atoms with van der Waals surface area (Å²) in [5, 5.41) is 7.94. The first-order valence-electron chi connectivity index (χ1n) is 9.15. The Morgan fingerprint density at radius 1 is 1.07 bits per heavy atom. The summed E-state index contributed by atoms with van der Waals surface area (Å²) in [6, 6.07) is 16.7. The minimum Gasteiger partial charge on any atom is -0.361 e. The first kappa shape index (κ1) is 17.1. The van der Waals surface area contributed by atoms with E-state index >= 15 is 0 Å². The third-order valence-electron chi connectivity index (χ3n) is 4.59. The number of benzene rings is 1. The van der Waals surface area contributed by atoms with Crippen LogP contribution in [0.3, 0.4) is 0 Å². The van der Waals surface area contributed by atoms with E-state index in [4.69, 9.17) is 0 Å². The number of pyridine rings is 1. The number of nitrogens with one attached hydrogen (secondary N) is 1. The Balaban J connectivity index is 1.71. The van der Waals surface area contributed by atoms with Gasteiger partial charge in [-0.1, -0.05) is 42.8 Å². The second-order valence-electron chi connectivity index (χ2n) is 6.60. The maximum absolute atomic E-state index is 4.58. The zero-order chi connectivity index (χ0) is 18.6. The second kappa shape index (κ2) is 7.53. The van der Waals surface area contributed by atoms with E-state index in [1.54, 1.807) is 4.52 Å². The summed E-state index contributed by atoms with van der Waals surface area (Å²) in [6.45, 7) is 4.18. The van der Waals surface area contributed by atoms with Gasteiger partial charge in [-0.2, -0.15) is 14.6 Å². The molecule has 0 aliphatic carbocycles. The topological polar surface area (TPSA) is 68.0 Å². The molecule has 0 fully saturated rings. The van der Waals surface area contributed by atoms with Crippen molar-refractivity contribution in [1.82, 2.24) is 24.6 Å². The number of aromatic nitrogens is 5. The SMILES string of the molecule is CCc1cc(NC(Cc2ccc(C)cc2)c2ccccn2)n2ncnc2n1. The smallest absolute Gasteiger partial charge is 0.254 e. The van der Waals surface area contributed by atoms with Gasteiger partial charge in [-0.15, -0.1) is 0 Å². The van der Waals surface area contributed by atoms with E-state index in [0.717, 1.165) is 30.0 Å². The number of hydrogen-bond acceptors (Lipinski definition) is 5. The van der Waals surface area contributed by atoms with Gasteiger partial charge in [0, 0.05) is 18.0 Å². The maximum Gasteiger partial charge on any atom is 0.254 e. The quantitative estimate of drug-likeness (QED) is 0.568. The van der Waals surface area contributed by atoms with E-state index < -0.39 is 0 Å². The van der Waals surface area contributed by atoms with E-state index in [0.29, 0.717) is 5.78 Å². The van der Waals surface area contributed by atoms with Crippen molar-refractivity contribution in [2.24, 2.45) is 0 Å². The molecule has 0 aliphatic rings. The summed E-state index contributed by atoms with van der Waals surface area (Å²) in [6.07, 6.45) is 5.01. The van der Waals surface area contributed by atoms with Gasteiger partial charge < -0.3 is 5.32 Å². The predicted octanol–water partition coefficient (Wildman–Crippen LogP) is 3.79. The molecule has 0 radical (unpaired) electrons. The van der Waals surface area contributed by atoms with Gasteiger partial charge in [-0.3, -0.25) is 4.98 Å². The Bertz CT molecular complexity index is 1020. The lowest BCUT2D eigenvalue weighted by molar-refractivity contribution is 0.731. The molecule has 0 spiro atoms. The van der Waals surface area contributed by atoms with Crippen molar-refractivity contribution in [3.63, 3.8) is 0 Å². The summed E-state index contributed by atoms with van der Waals surface area (Å²) in [5.41, 5.74) is 4.48. The van der Waals surface area contributed by atoms with Gasteiger partial charge in [0.1, 0.15) is 12.1 Å². The first-order valence-corrected chi connectivity index (χ1v) is 9.15. The van der Waals surface area contributed by atoms with Crippen LogP contribution < -0.4 is 5.32 Å². The van der Waals surface area contributed by atoms with Crippen LogP contribution in [0, 0.1) is 6.92 Å². The molecule has 4 rings (SSSR count). The third-order valence-corrected chi connectivity index (χ3v) is 4.59. The van der Waals surface area contributed by atoms with Gasteiger partial charge in [0.05, 0.1) is 11.7 Å². The van der Waals surface area contributed by atoms with Crippen LogP contribution in [0.25, 0.3) is 5.78 Å². The maximum atomic E-state index is 4.58. The zero-order valence-electron chi connectivity index (χ0n) is 15.5. The van der Waals surface area contributed by atoms with Crippen molar-refractivity contribution in [3.05, 3.63) is 83.6 Å². The van der Waals surface area contributed by atoms with Crippen LogP contribution in [0.5, 0.6) is 0 Å². The molecule has 6 nitrogen and oxygen atoms in total. The average Bonchev–Trinajstić information content (AvgIpc) is 3.18. The summed E-state index contributed by atoms with van der Waals surface area (Å²) in [7, 11) is 0. The molecule has 6 heteroatoms. The Hall–Kier alpha value is -3.28. The van der Waals surface area contributed by atoms with Crippen LogP contribution >= 0.6 is 0 Å². The van der Waals surface area contributed by atoms with Crippen molar-refractivity contribution in [2.75, 3.05) is 5.32 Å². The lowest BCUT2D eigenvalue weighted by Gasteiger charge is -2.20. The largest absolute Gasteiger partial charge is 0.361 e. The van der Waals surface area contributed by atoms with Gasteiger partial charge in [-0.25, -0.2) is 4.98 Å². The van der Waals surface area contributed by atoms with Gasteiger partial charge >= 0.3 is 0 Å². The fourth-order valence-electron chi connectivity index (χ4n) is 3.10. The lowest BCUT2D eigenvalue weighted by Crippen LogP contribution is -2.18. The first-order chi connectivity index (χ1) is 13.2. The molecular formula is C21H22N6. The Morgan fingerprint density at radius 3 is 2.67 bits per heavy atom. The van der Waals surface area contributed by atoms with E-state index in [9.17, 15) is 0 Å². The van der Waals surface area contributed by atoms with Crippen molar-refractivity contribution < 1.29 is 0 Å². The molecule has 1 atom stereocenters. The van der Waals surface area contributed by atoms with E-state index in [-0.39, 0.29) is 6.04 Å².